The van der Waals surface area contributed by atoms with Crippen molar-refractivity contribution in [2.75, 3.05) is 30.7 Å². The van der Waals surface area contributed by atoms with Gasteiger partial charge in [0.1, 0.15) is 6.79 Å². The van der Waals surface area contributed by atoms with Gasteiger partial charge < -0.3 is 19.7 Å². The zero-order valence-corrected chi connectivity index (χ0v) is 20.9. The minimum Gasteiger partial charge on any atom is -0.359 e. The molecule has 182 valence electrons. The summed E-state index contributed by atoms with van der Waals surface area (Å²) in [5.41, 5.74) is 5.19. The molecule has 2 amide bonds. The Morgan fingerprint density at radius 3 is 2.57 bits per heavy atom. The summed E-state index contributed by atoms with van der Waals surface area (Å²) in [7, 11) is 1.58. The molecule has 0 saturated heterocycles. The first kappa shape index (κ1) is 24.9. The molecule has 0 aliphatic carbocycles. The van der Waals surface area contributed by atoms with E-state index in [1.54, 1.807) is 36.3 Å². The van der Waals surface area contributed by atoms with E-state index in [1.807, 2.05) is 50.2 Å². The number of carbonyl (C=O) groups is 2. The van der Waals surface area contributed by atoms with Crippen LogP contribution in [0.2, 0.25) is 5.02 Å². The molecule has 0 spiro atoms. The maximum Gasteiger partial charge on any atom is 0.258 e. The predicted octanol–water partition coefficient (Wildman–Crippen LogP) is 6.31. The van der Waals surface area contributed by atoms with Crippen LogP contribution in [0.25, 0.3) is 0 Å². The first-order chi connectivity index (χ1) is 16.9. The van der Waals surface area contributed by atoms with Crippen molar-refractivity contribution >= 4 is 34.8 Å². The summed E-state index contributed by atoms with van der Waals surface area (Å²) in [6, 6.07) is 18.3. The number of amides is 2. The minimum atomic E-state index is -0.207. The smallest absolute Gasteiger partial charge is 0.258 e. The Morgan fingerprint density at radius 1 is 1.03 bits per heavy atom. The van der Waals surface area contributed by atoms with E-state index in [4.69, 9.17) is 21.1 Å². The molecule has 3 aromatic carbocycles. The number of benzene rings is 3. The number of anilines is 2. The number of ether oxygens (including phenoxy) is 2. The van der Waals surface area contributed by atoms with Gasteiger partial charge in [-0.05, 0) is 80.3 Å². The molecule has 1 aliphatic heterocycles. The van der Waals surface area contributed by atoms with Crippen LogP contribution in [0.5, 0.6) is 0 Å². The Bertz CT molecular complexity index is 1240. The summed E-state index contributed by atoms with van der Waals surface area (Å²) in [5, 5.41) is 3.53. The molecule has 3 aromatic rings. The van der Waals surface area contributed by atoms with Crippen molar-refractivity contribution in [3.05, 3.63) is 93.5 Å². The third kappa shape index (κ3) is 5.56. The number of fused-ring (bicyclic) bond motifs is 1. The van der Waals surface area contributed by atoms with Crippen LogP contribution in [0.15, 0.2) is 60.7 Å². The van der Waals surface area contributed by atoms with Gasteiger partial charge in [-0.15, -0.1) is 0 Å². The Balaban J connectivity index is 1.59. The van der Waals surface area contributed by atoms with E-state index < -0.39 is 0 Å². The first-order valence-corrected chi connectivity index (χ1v) is 12.0. The second kappa shape index (κ2) is 11.0. The molecule has 1 aliphatic rings. The van der Waals surface area contributed by atoms with Crippen molar-refractivity contribution < 1.29 is 19.1 Å². The molecule has 7 heteroatoms. The van der Waals surface area contributed by atoms with E-state index in [-0.39, 0.29) is 24.7 Å². The van der Waals surface area contributed by atoms with Gasteiger partial charge in [0.15, 0.2) is 0 Å². The van der Waals surface area contributed by atoms with Crippen molar-refractivity contribution in [3.8, 4) is 0 Å². The Morgan fingerprint density at radius 2 is 1.83 bits per heavy atom. The Labute approximate surface area is 210 Å². The summed E-state index contributed by atoms with van der Waals surface area (Å²) in [4.78, 5) is 28.2. The third-order valence-corrected chi connectivity index (χ3v) is 6.45. The maximum absolute atomic E-state index is 13.7. The summed E-state index contributed by atoms with van der Waals surface area (Å²) in [6.07, 6.45) is 1.32. The molecule has 4 rings (SSSR count). The number of carbonyl (C=O) groups excluding carboxylic acids is 2. The minimum absolute atomic E-state index is 0.102. The number of rotatable bonds is 6. The molecule has 1 N–H and O–H groups in total. The topological polar surface area (TPSA) is 67.9 Å². The summed E-state index contributed by atoms with van der Waals surface area (Å²) in [5.74, 6) is -0.280. The molecule has 0 aromatic heterocycles. The zero-order chi connectivity index (χ0) is 24.9. The Kier molecular flexibility index (Phi) is 7.86. The van der Waals surface area contributed by atoms with Crippen molar-refractivity contribution in [2.24, 2.45) is 0 Å². The number of hydrogen-bond donors (Lipinski definition) is 1. The summed E-state index contributed by atoms with van der Waals surface area (Å²) < 4.78 is 11.0. The lowest BCUT2D eigenvalue weighted by Gasteiger charge is -2.25. The van der Waals surface area contributed by atoms with E-state index in [2.05, 4.69) is 5.32 Å². The molecular weight excluding hydrogens is 464 g/mol. The van der Waals surface area contributed by atoms with Gasteiger partial charge in [-0.25, -0.2) is 0 Å². The van der Waals surface area contributed by atoms with E-state index in [0.29, 0.717) is 28.4 Å². The van der Waals surface area contributed by atoms with Crippen molar-refractivity contribution in [1.82, 2.24) is 0 Å². The number of aryl methyl sites for hydroxylation is 2. The number of nitrogens with one attached hydrogen (secondary N) is 1. The molecule has 0 saturated carbocycles. The standard InChI is InChI=1S/C28H29ClN2O4/c1-18-7-4-5-8-22(18)27(32)30-21-11-12-23(19(2)15-21)28(33)31-14-6-9-26(35-17-34-3)24-16-20(29)10-13-25(24)31/h4-5,7-8,10-13,15-16,26H,6,9,14,17H2,1-3H3,(H,30,32)/t26-/m0/s1. The van der Waals surface area contributed by atoms with Crippen molar-refractivity contribution in [3.63, 3.8) is 0 Å². The van der Waals surface area contributed by atoms with Gasteiger partial charge in [0.05, 0.1) is 6.10 Å². The lowest BCUT2D eigenvalue weighted by molar-refractivity contribution is -0.0753. The average molecular weight is 493 g/mol. The number of hydrogen-bond acceptors (Lipinski definition) is 4. The fourth-order valence-corrected chi connectivity index (χ4v) is 4.61. The van der Waals surface area contributed by atoms with Crippen LogP contribution in [0.1, 0.15) is 56.4 Å². The first-order valence-electron chi connectivity index (χ1n) is 11.6. The highest BCUT2D eigenvalue weighted by atomic mass is 35.5. The number of nitrogens with zero attached hydrogens (tertiary/aromatic N) is 1. The lowest BCUT2D eigenvalue weighted by Crippen LogP contribution is -2.32. The monoisotopic (exact) mass is 492 g/mol. The second-order valence-corrected chi connectivity index (χ2v) is 9.10. The van der Waals surface area contributed by atoms with Gasteiger partial charge in [-0.1, -0.05) is 29.8 Å². The highest BCUT2D eigenvalue weighted by Crippen LogP contribution is 2.38. The zero-order valence-electron chi connectivity index (χ0n) is 20.1. The molecule has 6 nitrogen and oxygen atoms in total. The summed E-state index contributed by atoms with van der Waals surface area (Å²) in [6.45, 7) is 4.51. The van der Waals surface area contributed by atoms with Gasteiger partial charge in [0.25, 0.3) is 11.8 Å². The van der Waals surface area contributed by atoms with Crippen LogP contribution < -0.4 is 10.2 Å². The molecular formula is C28H29ClN2O4. The van der Waals surface area contributed by atoms with Crippen LogP contribution >= 0.6 is 11.6 Å². The van der Waals surface area contributed by atoms with Gasteiger partial charge in [-0.3, -0.25) is 9.59 Å². The van der Waals surface area contributed by atoms with Crippen LogP contribution in [0.4, 0.5) is 11.4 Å². The van der Waals surface area contributed by atoms with E-state index in [1.165, 1.54) is 0 Å². The van der Waals surface area contributed by atoms with Crippen molar-refractivity contribution in [2.45, 2.75) is 32.8 Å². The van der Waals surface area contributed by atoms with Gasteiger partial charge >= 0.3 is 0 Å². The van der Waals surface area contributed by atoms with Gasteiger partial charge in [-0.2, -0.15) is 0 Å². The van der Waals surface area contributed by atoms with Gasteiger partial charge in [0.2, 0.25) is 0 Å². The predicted molar refractivity (Wildman–Crippen MR) is 138 cm³/mol. The fourth-order valence-electron chi connectivity index (χ4n) is 4.43. The van der Waals surface area contributed by atoms with Crippen LogP contribution in [-0.2, 0) is 9.47 Å². The van der Waals surface area contributed by atoms with Crippen molar-refractivity contribution in [1.29, 1.82) is 0 Å². The quantitative estimate of drug-likeness (QED) is 0.409. The second-order valence-electron chi connectivity index (χ2n) is 8.66. The molecule has 0 radical (unpaired) electrons. The van der Waals surface area contributed by atoms with E-state index in [9.17, 15) is 9.59 Å². The maximum atomic E-state index is 13.7. The average Bonchev–Trinajstić information content (AvgIpc) is 3.01. The van der Waals surface area contributed by atoms with Crippen LogP contribution in [-0.4, -0.2) is 32.3 Å². The van der Waals surface area contributed by atoms with Gasteiger partial charge in [0, 0.05) is 46.7 Å². The fraction of sp³-hybridized carbons (Fsp3) is 0.286. The van der Waals surface area contributed by atoms with Crippen LogP contribution in [0.3, 0.4) is 0 Å². The number of halogens is 1. The third-order valence-electron chi connectivity index (χ3n) is 6.21. The molecule has 0 bridgehead atoms. The SMILES string of the molecule is COCO[C@H]1CCCN(C(=O)c2ccc(NC(=O)c3ccccc3C)cc2C)c2ccc(Cl)cc21. The highest BCUT2D eigenvalue weighted by Gasteiger charge is 2.28. The largest absolute Gasteiger partial charge is 0.359 e. The molecule has 1 heterocycles. The Hall–Kier alpha value is -3.19. The molecule has 0 fully saturated rings. The highest BCUT2D eigenvalue weighted by molar-refractivity contribution is 6.30. The molecule has 0 unspecified atom stereocenters. The van der Waals surface area contributed by atoms with E-state index >= 15 is 0 Å². The number of methoxy groups -OCH3 is 1. The molecule has 35 heavy (non-hydrogen) atoms. The normalized spacial score (nSPS) is 15.3. The molecule has 1 atom stereocenters. The summed E-state index contributed by atoms with van der Waals surface area (Å²) >= 11 is 6.29. The van der Waals surface area contributed by atoms with Crippen LogP contribution in [0, 0.1) is 13.8 Å². The van der Waals surface area contributed by atoms with E-state index in [0.717, 1.165) is 35.2 Å². The lowest BCUT2D eigenvalue weighted by atomic mass is 10.0.